The van der Waals surface area contributed by atoms with E-state index >= 15 is 0 Å². The van der Waals surface area contributed by atoms with Crippen molar-refractivity contribution in [2.45, 2.75) is 117 Å². The summed E-state index contributed by atoms with van der Waals surface area (Å²) in [5.74, 6) is 5.07. The lowest BCUT2D eigenvalue weighted by molar-refractivity contribution is -0.497. The molecule has 0 amide bonds. The first-order valence-corrected chi connectivity index (χ1v) is 14.2. The Morgan fingerprint density at radius 3 is 2.24 bits per heavy atom. The zero-order valence-electron chi connectivity index (χ0n) is 22.2. The van der Waals surface area contributed by atoms with Crippen molar-refractivity contribution < 1.29 is 14.9 Å². The van der Waals surface area contributed by atoms with Crippen LogP contribution in [0.2, 0.25) is 0 Å². The highest BCUT2D eigenvalue weighted by molar-refractivity contribution is 5.33. The lowest BCUT2D eigenvalue weighted by Crippen LogP contribution is -2.73. The van der Waals surface area contributed by atoms with Crippen LogP contribution in [-0.2, 0) is 9.78 Å². The average Bonchev–Trinajstić information content (AvgIpc) is 3.33. The van der Waals surface area contributed by atoms with Gasteiger partial charge in [-0.25, -0.2) is 9.78 Å². The molecule has 2 heterocycles. The Balaban J connectivity index is 1.30. The van der Waals surface area contributed by atoms with Crippen LogP contribution in [-0.4, -0.2) is 22.4 Å². The second kappa shape index (κ2) is 6.88. The molecule has 2 bridgehead atoms. The van der Waals surface area contributed by atoms with Crippen LogP contribution < -0.4 is 0 Å². The van der Waals surface area contributed by atoms with Gasteiger partial charge in [0.05, 0.1) is 6.10 Å². The van der Waals surface area contributed by atoms with Gasteiger partial charge in [-0.1, -0.05) is 54.5 Å². The Labute approximate surface area is 202 Å². The topological polar surface area (TPSA) is 38.7 Å². The van der Waals surface area contributed by atoms with Crippen LogP contribution in [0.4, 0.5) is 0 Å². The number of aliphatic hydroxyl groups excluding tert-OH is 1. The third kappa shape index (κ3) is 2.69. The Bertz CT molecular complexity index is 851. The third-order valence-corrected chi connectivity index (χ3v) is 13.3. The SMILES string of the molecule is CC(C)[C@@H](C)[C@@]1(C)C[C@@H]1[C@@H](C)[C@H]1CC[C@@H]2[C@]1(C)CCC1[C@]23C=C[C@]2(C[C@@H](O)CC[C@]12C)OO3. The number of hydrogen-bond acceptors (Lipinski definition) is 3. The van der Waals surface area contributed by atoms with Gasteiger partial charge in [-0.05, 0) is 91.4 Å². The first kappa shape index (κ1) is 23.0. The van der Waals surface area contributed by atoms with Crippen molar-refractivity contribution in [1.82, 2.24) is 0 Å². The second-order valence-electron chi connectivity index (χ2n) is 14.6. The van der Waals surface area contributed by atoms with Crippen LogP contribution in [0.25, 0.3) is 0 Å². The van der Waals surface area contributed by atoms with E-state index in [1.807, 2.05) is 0 Å². The first-order chi connectivity index (χ1) is 15.4. The van der Waals surface area contributed by atoms with Crippen molar-refractivity contribution in [3.8, 4) is 0 Å². The summed E-state index contributed by atoms with van der Waals surface area (Å²) >= 11 is 0. The van der Waals surface area contributed by atoms with Crippen molar-refractivity contribution >= 4 is 0 Å². The molecule has 33 heavy (non-hydrogen) atoms. The minimum Gasteiger partial charge on any atom is -0.393 e. The summed E-state index contributed by atoms with van der Waals surface area (Å²) < 4.78 is 0. The number of hydrogen-bond donors (Lipinski definition) is 1. The Morgan fingerprint density at radius 2 is 1.58 bits per heavy atom. The lowest BCUT2D eigenvalue weighted by Gasteiger charge is -2.69. The van der Waals surface area contributed by atoms with Crippen LogP contribution in [0.3, 0.4) is 0 Å². The minimum absolute atomic E-state index is 0.0754. The molecule has 4 saturated carbocycles. The average molecular weight is 457 g/mol. The molecule has 2 spiro atoms. The van der Waals surface area contributed by atoms with Gasteiger partial charge in [0.1, 0.15) is 11.2 Å². The minimum atomic E-state index is -0.432. The molecular formula is C30H48O3. The maximum atomic E-state index is 10.5. The van der Waals surface area contributed by atoms with Gasteiger partial charge in [0.15, 0.2) is 0 Å². The van der Waals surface area contributed by atoms with E-state index in [-0.39, 0.29) is 17.1 Å². The highest BCUT2D eigenvalue weighted by atomic mass is 17.2. The van der Waals surface area contributed by atoms with Crippen LogP contribution in [0, 0.1) is 57.7 Å². The normalized spacial score (nSPS) is 58.5. The van der Waals surface area contributed by atoms with E-state index in [9.17, 15) is 5.11 Å². The van der Waals surface area contributed by atoms with Gasteiger partial charge in [0, 0.05) is 23.7 Å². The standard InChI is InChI=1S/C30H48O3/c1-18(2)20(4)27(6)17-23(27)19(3)22-8-9-24-26(22,5)12-11-25-28(7)13-10-21(31)16-29(28)14-15-30(24,25)33-32-29/h14-15,18-25,31H,8-13,16-17H2,1-7H3/t19-,20+,21-,22+,23+,24+,25?,26+,27+,28+,29+,30-/m0/s1. The third-order valence-electron chi connectivity index (χ3n) is 13.3. The smallest absolute Gasteiger partial charge is 0.130 e. The summed E-state index contributed by atoms with van der Waals surface area (Å²) in [4.78, 5) is 12.9. The molecule has 186 valence electrons. The van der Waals surface area contributed by atoms with E-state index in [1.165, 1.54) is 32.1 Å². The molecule has 7 rings (SSSR count). The fourth-order valence-corrected chi connectivity index (χ4v) is 10.8. The second-order valence-corrected chi connectivity index (χ2v) is 14.6. The van der Waals surface area contributed by atoms with Crippen molar-refractivity contribution in [2.75, 3.05) is 0 Å². The zero-order chi connectivity index (χ0) is 23.6. The van der Waals surface area contributed by atoms with Crippen LogP contribution >= 0.6 is 0 Å². The molecule has 1 N–H and O–H groups in total. The van der Waals surface area contributed by atoms with Gasteiger partial charge in [0.2, 0.25) is 0 Å². The first-order valence-electron chi connectivity index (χ1n) is 14.2. The maximum Gasteiger partial charge on any atom is 0.130 e. The van der Waals surface area contributed by atoms with Crippen LogP contribution in [0.1, 0.15) is 99.8 Å². The highest BCUT2D eigenvalue weighted by Gasteiger charge is 2.75. The van der Waals surface area contributed by atoms with E-state index in [0.717, 1.165) is 42.4 Å². The van der Waals surface area contributed by atoms with E-state index in [1.54, 1.807) is 0 Å². The Hall–Kier alpha value is -0.380. The summed E-state index contributed by atoms with van der Waals surface area (Å²) in [6.45, 7) is 17.5. The highest BCUT2D eigenvalue weighted by Crippen LogP contribution is 2.74. The molecule has 5 fully saturated rings. The molecule has 3 nitrogen and oxygen atoms in total. The molecule has 12 atom stereocenters. The van der Waals surface area contributed by atoms with Gasteiger partial charge in [0.25, 0.3) is 0 Å². The summed E-state index contributed by atoms with van der Waals surface area (Å²) in [5, 5.41) is 10.5. The monoisotopic (exact) mass is 456 g/mol. The molecular weight excluding hydrogens is 408 g/mol. The molecule has 0 aromatic heterocycles. The van der Waals surface area contributed by atoms with Gasteiger partial charge in [-0.15, -0.1) is 0 Å². The molecule has 1 unspecified atom stereocenters. The van der Waals surface area contributed by atoms with Crippen molar-refractivity contribution in [2.24, 2.45) is 57.7 Å². The van der Waals surface area contributed by atoms with Crippen molar-refractivity contribution in [1.29, 1.82) is 0 Å². The Morgan fingerprint density at radius 1 is 0.818 bits per heavy atom. The van der Waals surface area contributed by atoms with Gasteiger partial charge in [-0.2, -0.15) is 0 Å². The van der Waals surface area contributed by atoms with Crippen LogP contribution in [0.15, 0.2) is 12.2 Å². The van der Waals surface area contributed by atoms with E-state index < -0.39 is 5.60 Å². The molecule has 0 aromatic rings. The molecule has 7 aliphatic rings. The zero-order valence-corrected chi connectivity index (χ0v) is 22.2. The molecule has 1 saturated heterocycles. The van der Waals surface area contributed by atoms with Gasteiger partial charge < -0.3 is 5.11 Å². The predicted octanol–water partition coefficient (Wildman–Crippen LogP) is 6.94. The molecule has 2 aliphatic heterocycles. The number of rotatable bonds is 4. The maximum absolute atomic E-state index is 10.5. The molecule has 0 radical (unpaired) electrons. The van der Waals surface area contributed by atoms with Crippen molar-refractivity contribution in [3.05, 3.63) is 12.2 Å². The summed E-state index contributed by atoms with van der Waals surface area (Å²) in [5.41, 5.74) is 0.238. The summed E-state index contributed by atoms with van der Waals surface area (Å²) in [7, 11) is 0. The molecule has 0 aromatic carbocycles. The number of aliphatic hydroxyl groups is 1. The fourth-order valence-electron chi connectivity index (χ4n) is 10.8. The summed E-state index contributed by atoms with van der Waals surface area (Å²) in [6.07, 6.45) is 13.7. The van der Waals surface area contributed by atoms with E-state index in [4.69, 9.17) is 9.78 Å². The predicted molar refractivity (Wildman–Crippen MR) is 131 cm³/mol. The fraction of sp³-hybridized carbons (Fsp3) is 0.933. The van der Waals surface area contributed by atoms with E-state index in [0.29, 0.717) is 29.1 Å². The van der Waals surface area contributed by atoms with Crippen molar-refractivity contribution in [3.63, 3.8) is 0 Å². The van der Waals surface area contributed by atoms with Crippen LogP contribution in [0.5, 0.6) is 0 Å². The van der Waals surface area contributed by atoms with Gasteiger partial charge >= 0.3 is 0 Å². The molecule has 3 heteroatoms. The quantitative estimate of drug-likeness (QED) is 0.368. The number of fused-ring (bicyclic) bond motifs is 2. The summed E-state index contributed by atoms with van der Waals surface area (Å²) in [6, 6.07) is 0. The van der Waals surface area contributed by atoms with E-state index in [2.05, 4.69) is 60.6 Å². The lowest BCUT2D eigenvalue weighted by atomic mass is 9.42. The molecule has 5 aliphatic carbocycles. The Kier molecular flexibility index (Phi) is 4.81. The largest absolute Gasteiger partial charge is 0.393 e. The van der Waals surface area contributed by atoms with Gasteiger partial charge in [-0.3, -0.25) is 0 Å².